The minimum Gasteiger partial charge on any atom is -0.387 e. The predicted octanol–water partition coefficient (Wildman–Crippen LogP) is 3.25. The van der Waals surface area contributed by atoms with Crippen molar-refractivity contribution in [2.24, 2.45) is 11.7 Å². The Morgan fingerprint density at radius 3 is 2.32 bits per heavy atom. The van der Waals surface area contributed by atoms with E-state index in [2.05, 4.69) is 0 Å². The van der Waals surface area contributed by atoms with Crippen LogP contribution in [0.5, 0.6) is 0 Å². The van der Waals surface area contributed by atoms with Crippen LogP contribution in [0.25, 0.3) is 0 Å². The summed E-state index contributed by atoms with van der Waals surface area (Å²) < 4.78 is 50.8. The molecule has 19 heavy (non-hydrogen) atoms. The zero-order chi connectivity index (χ0) is 14.8. The minimum absolute atomic E-state index is 0.0260. The third-order valence-electron chi connectivity index (χ3n) is 2.79. The van der Waals surface area contributed by atoms with Crippen molar-refractivity contribution in [2.75, 3.05) is 0 Å². The maximum absolute atomic E-state index is 13.1. The molecule has 0 bridgehead atoms. The van der Waals surface area contributed by atoms with Gasteiger partial charge in [0.05, 0.1) is 11.7 Å². The zero-order valence-electron chi connectivity index (χ0n) is 10.7. The van der Waals surface area contributed by atoms with Gasteiger partial charge in [-0.25, -0.2) is 4.39 Å². The van der Waals surface area contributed by atoms with Crippen LogP contribution in [0.15, 0.2) is 18.2 Å². The molecule has 0 aliphatic rings. The number of hydrogen-bond donors (Lipinski definition) is 2. The second-order valence-corrected chi connectivity index (χ2v) is 4.98. The summed E-state index contributed by atoms with van der Waals surface area (Å²) in [6.07, 6.45) is -5.58. The van der Waals surface area contributed by atoms with E-state index in [0.29, 0.717) is 18.6 Å². The van der Waals surface area contributed by atoms with E-state index >= 15 is 0 Å². The summed E-state index contributed by atoms with van der Waals surface area (Å²) in [4.78, 5) is 0. The Labute approximate surface area is 109 Å². The SMILES string of the molecule is CC(C)CC(N)C(O)c1ccc(F)c(C(F)(F)F)c1. The third-order valence-corrected chi connectivity index (χ3v) is 2.79. The Morgan fingerprint density at radius 1 is 1.26 bits per heavy atom. The fourth-order valence-corrected chi connectivity index (χ4v) is 1.86. The van der Waals surface area contributed by atoms with Crippen molar-refractivity contribution in [3.8, 4) is 0 Å². The first-order valence-electron chi connectivity index (χ1n) is 5.93. The number of aliphatic hydroxyl groups excluding tert-OH is 1. The van der Waals surface area contributed by atoms with Crippen LogP contribution in [0.2, 0.25) is 0 Å². The summed E-state index contributed by atoms with van der Waals surface area (Å²) in [7, 11) is 0. The number of alkyl halides is 3. The molecule has 0 fully saturated rings. The van der Waals surface area contributed by atoms with E-state index in [1.54, 1.807) is 0 Å². The highest BCUT2D eigenvalue weighted by atomic mass is 19.4. The van der Waals surface area contributed by atoms with Crippen LogP contribution in [-0.2, 0) is 6.18 Å². The molecule has 0 radical (unpaired) electrons. The van der Waals surface area contributed by atoms with Gasteiger partial charge in [0.1, 0.15) is 5.82 Å². The van der Waals surface area contributed by atoms with Gasteiger partial charge in [0.2, 0.25) is 0 Å². The molecule has 0 aromatic heterocycles. The summed E-state index contributed by atoms with van der Waals surface area (Å²) in [5.74, 6) is -1.16. The second kappa shape index (κ2) is 5.88. The van der Waals surface area contributed by atoms with Gasteiger partial charge in [0.15, 0.2) is 0 Å². The van der Waals surface area contributed by atoms with Crippen molar-refractivity contribution in [2.45, 2.75) is 38.6 Å². The van der Waals surface area contributed by atoms with Crippen LogP contribution in [0, 0.1) is 11.7 Å². The van der Waals surface area contributed by atoms with E-state index in [0.717, 1.165) is 6.07 Å². The molecule has 6 heteroatoms. The van der Waals surface area contributed by atoms with Crippen molar-refractivity contribution in [1.29, 1.82) is 0 Å². The molecule has 0 amide bonds. The number of halogens is 4. The molecule has 1 rings (SSSR count). The van der Waals surface area contributed by atoms with Gasteiger partial charge in [-0.2, -0.15) is 13.2 Å². The topological polar surface area (TPSA) is 46.2 Å². The standard InChI is InChI=1S/C13H17F4NO/c1-7(2)5-11(18)12(19)8-3-4-10(14)9(6-8)13(15,16)17/h3-4,6-7,11-12,19H,5,18H2,1-2H3. The van der Waals surface area contributed by atoms with Gasteiger partial charge < -0.3 is 10.8 Å². The largest absolute Gasteiger partial charge is 0.419 e. The van der Waals surface area contributed by atoms with E-state index in [4.69, 9.17) is 5.73 Å². The van der Waals surface area contributed by atoms with E-state index in [1.807, 2.05) is 13.8 Å². The lowest BCUT2D eigenvalue weighted by Crippen LogP contribution is -2.30. The lowest BCUT2D eigenvalue weighted by molar-refractivity contribution is -0.140. The van der Waals surface area contributed by atoms with Gasteiger partial charge >= 0.3 is 6.18 Å². The third kappa shape index (κ3) is 4.18. The molecule has 0 aliphatic heterocycles. The van der Waals surface area contributed by atoms with E-state index in [9.17, 15) is 22.7 Å². The highest BCUT2D eigenvalue weighted by molar-refractivity contribution is 5.29. The zero-order valence-corrected chi connectivity index (χ0v) is 10.7. The smallest absolute Gasteiger partial charge is 0.387 e. The lowest BCUT2D eigenvalue weighted by atomic mass is 9.94. The number of rotatable bonds is 4. The number of benzene rings is 1. The van der Waals surface area contributed by atoms with Crippen molar-refractivity contribution in [1.82, 2.24) is 0 Å². The summed E-state index contributed by atoms with van der Waals surface area (Å²) >= 11 is 0. The molecule has 2 nitrogen and oxygen atoms in total. The Kier molecular flexibility index (Phi) is 4.92. The molecule has 0 spiro atoms. The molecule has 0 heterocycles. The average Bonchev–Trinajstić information content (AvgIpc) is 2.26. The summed E-state index contributed by atoms with van der Waals surface area (Å²) in [6.45, 7) is 3.77. The molecule has 2 atom stereocenters. The van der Waals surface area contributed by atoms with Crippen LogP contribution < -0.4 is 5.73 Å². The fraction of sp³-hybridized carbons (Fsp3) is 0.538. The number of hydrogen-bond acceptors (Lipinski definition) is 2. The van der Waals surface area contributed by atoms with Crippen LogP contribution in [-0.4, -0.2) is 11.1 Å². The van der Waals surface area contributed by atoms with Crippen molar-refractivity contribution >= 4 is 0 Å². The van der Waals surface area contributed by atoms with Gasteiger partial charge in [-0.05, 0) is 30.0 Å². The Hall–Kier alpha value is -1.14. The number of aliphatic hydroxyl groups is 1. The lowest BCUT2D eigenvalue weighted by Gasteiger charge is -2.21. The van der Waals surface area contributed by atoms with Gasteiger partial charge in [-0.1, -0.05) is 19.9 Å². The van der Waals surface area contributed by atoms with Gasteiger partial charge in [-0.15, -0.1) is 0 Å². The van der Waals surface area contributed by atoms with Gasteiger partial charge in [-0.3, -0.25) is 0 Å². The van der Waals surface area contributed by atoms with E-state index in [1.165, 1.54) is 0 Å². The molecule has 3 N–H and O–H groups in total. The number of nitrogens with two attached hydrogens (primary N) is 1. The molecule has 2 unspecified atom stereocenters. The summed E-state index contributed by atoms with van der Waals surface area (Å²) in [6, 6.07) is 1.74. The predicted molar refractivity (Wildman–Crippen MR) is 63.8 cm³/mol. The molecule has 0 aliphatic carbocycles. The second-order valence-electron chi connectivity index (χ2n) is 4.98. The van der Waals surface area contributed by atoms with Crippen molar-refractivity contribution < 1.29 is 22.7 Å². The van der Waals surface area contributed by atoms with Crippen LogP contribution >= 0.6 is 0 Å². The molecule has 0 saturated carbocycles. The first-order valence-corrected chi connectivity index (χ1v) is 5.93. The van der Waals surface area contributed by atoms with E-state index < -0.39 is 29.7 Å². The summed E-state index contributed by atoms with van der Waals surface area (Å²) in [5.41, 5.74) is 4.31. The Balaban J connectivity index is 3.02. The molecule has 0 saturated heterocycles. The molecule has 1 aromatic carbocycles. The van der Waals surface area contributed by atoms with Crippen molar-refractivity contribution in [3.63, 3.8) is 0 Å². The normalized spacial score (nSPS) is 15.6. The first kappa shape index (κ1) is 15.9. The fourth-order valence-electron chi connectivity index (χ4n) is 1.86. The Bertz CT molecular complexity index is 431. The van der Waals surface area contributed by atoms with Gasteiger partial charge in [0.25, 0.3) is 0 Å². The molecular weight excluding hydrogens is 262 g/mol. The quantitative estimate of drug-likeness (QED) is 0.831. The van der Waals surface area contributed by atoms with E-state index in [-0.39, 0.29) is 11.5 Å². The molecule has 108 valence electrons. The van der Waals surface area contributed by atoms with Crippen LogP contribution in [0.4, 0.5) is 17.6 Å². The highest BCUT2D eigenvalue weighted by Crippen LogP contribution is 2.33. The maximum Gasteiger partial charge on any atom is 0.419 e. The first-order chi connectivity index (χ1) is 8.62. The minimum atomic E-state index is -4.79. The highest BCUT2D eigenvalue weighted by Gasteiger charge is 2.35. The van der Waals surface area contributed by atoms with Crippen LogP contribution in [0.1, 0.15) is 37.5 Å². The van der Waals surface area contributed by atoms with Crippen molar-refractivity contribution in [3.05, 3.63) is 35.1 Å². The monoisotopic (exact) mass is 279 g/mol. The molecular formula is C13H17F4NO. The van der Waals surface area contributed by atoms with Crippen LogP contribution in [0.3, 0.4) is 0 Å². The van der Waals surface area contributed by atoms with Gasteiger partial charge in [0, 0.05) is 6.04 Å². The Morgan fingerprint density at radius 2 is 1.84 bits per heavy atom. The maximum atomic E-state index is 13.1. The molecule has 1 aromatic rings. The average molecular weight is 279 g/mol. The summed E-state index contributed by atoms with van der Waals surface area (Å²) in [5, 5.41) is 9.90.